The predicted molar refractivity (Wildman–Crippen MR) is 129 cm³/mol. The maximum Gasteiger partial charge on any atom is 0.269 e. The number of anilines is 1. The van der Waals surface area contributed by atoms with Gasteiger partial charge in [0.15, 0.2) is 11.0 Å². The quantitative estimate of drug-likeness (QED) is 0.222. The van der Waals surface area contributed by atoms with Crippen molar-refractivity contribution in [3.8, 4) is 17.1 Å². The van der Waals surface area contributed by atoms with E-state index in [4.69, 9.17) is 0 Å². The van der Waals surface area contributed by atoms with Crippen molar-refractivity contribution in [2.45, 2.75) is 12.1 Å². The van der Waals surface area contributed by atoms with Crippen LogP contribution < -0.4 is 4.90 Å². The maximum absolute atomic E-state index is 12.8. The summed E-state index contributed by atoms with van der Waals surface area (Å²) in [6, 6.07) is 23.7. The van der Waals surface area contributed by atoms with Crippen LogP contribution in [-0.2, 0) is 4.79 Å². The van der Waals surface area contributed by atoms with Gasteiger partial charge in [0, 0.05) is 36.1 Å². The highest BCUT2D eigenvalue weighted by molar-refractivity contribution is 7.99. The number of rotatable bonds is 7. The van der Waals surface area contributed by atoms with E-state index in [9.17, 15) is 14.9 Å². The van der Waals surface area contributed by atoms with Crippen molar-refractivity contribution in [1.82, 2.24) is 14.8 Å². The number of nitrogens with zero attached hydrogens (tertiary/aromatic N) is 5. The minimum atomic E-state index is -0.469. The molecular weight excluding hydrogens is 438 g/mol. The van der Waals surface area contributed by atoms with Crippen LogP contribution in [-0.4, -0.2) is 38.4 Å². The van der Waals surface area contributed by atoms with Gasteiger partial charge in [-0.05, 0) is 31.2 Å². The molecule has 0 saturated carbocycles. The number of carbonyl (C=O) groups excluding carboxylic acids is 1. The number of hydrogen-bond donors (Lipinski definition) is 0. The molecule has 0 fully saturated rings. The van der Waals surface area contributed by atoms with Crippen molar-refractivity contribution < 1.29 is 9.72 Å². The van der Waals surface area contributed by atoms with Crippen LogP contribution in [0, 0.1) is 17.0 Å². The first kappa shape index (κ1) is 22.2. The molecule has 1 heterocycles. The molecule has 166 valence electrons. The number of thioether (sulfide) groups is 1. The van der Waals surface area contributed by atoms with E-state index in [1.165, 1.54) is 28.8 Å². The van der Waals surface area contributed by atoms with Crippen molar-refractivity contribution in [3.05, 3.63) is 94.5 Å². The van der Waals surface area contributed by atoms with Crippen LogP contribution in [0.3, 0.4) is 0 Å². The van der Waals surface area contributed by atoms with E-state index in [2.05, 4.69) is 10.2 Å². The van der Waals surface area contributed by atoms with Crippen LogP contribution in [0.1, 0.15) is 5.56 Å². The molecule has 8 nitrogen and oxygen atoms in total. The summed E-state index contributed by atoms with van der Waals surface area (Å²) >= 11 is 1.29. The number of aromatic nitrogens is 3. The van der Waals surface area contributed by atoms with Crippen LogP contribution in [0.15, 0.2) is 84.0 Å². The lowest BCUT2D eigenvalue weighted by molar-refractivity contribution is -0.384. The van der Waals surface area contributed by atoms with Gasteiger partial charge in [-0.25, -0.2) is 0 Å². The molecule has 1 amide bonds. The third kappa shape index (κ3) is 4.93. The summed E-state index contributed by atoms with van der Waals surface area (Å²) in [5.41, 5.74) is 3.53. The molecule has 4 aromatic rings. The Labute approximate surface area is 195 Å². The number of non-ortho nitro benzene ring substituents is 1. The minimum absolute atomic E-state index is 0.0198. The summed E-state index contributed by atoms with van der Waals surface area (Å²) in [7, 11) is 1.64. The second kappa shape index (κ2) is 9.66. The van der Waals surface area contributed by atoms with Gasteiger partial charge in [-0.15, -0.1) is 10.2 Å². The molecule has 4 rings (SSSR count). The van der Waals surface area contributed by atoms with E-state index in [1.807, 2.05) is 66.1 Å². The van der Waals surface area contributed by atoms with Crippen molar-refractivity contribution >= 4 is 29.0 Å². The average Bonchev–Trinajstić information content (AvgIpc) is 3.27. The Morgan fingerprint density at radius 3 is 2.30 bits per heavy atom. The summed E-state index contributed by atoms with van der Waals surface area (Å²) in [5.74, 6) is 0.665. The molecule has 0 aliphatic heterocycles. The molecule has 0 aliphatic rings. The van der Waals surface area contributed by atoms with Crippen molar-refractivity contribution in [1.29, 1.82) is 0 Å². The van der Waals surface area contributed by atoms with Gasteiger partial charge in [-0.2, -0.15) is 0 Å². The van der Waals surface area contributed by atoms with Crippen LogP contribution in [0.4, 0.5) is 11.4 Å². The van der Waals surface area contributed by atoms with E-state index in [-0.39, 0.29) is 17.3 Å². The van der Waals surface area contributed by atoms with E-state index >= 15 is 0 Å². The monoisotopic (exact) mass is 459 g/mol. The molecule has 1 aromatic heterocycles. The van der Waals surface area contributed by atoms with Gasteiger partial charge in [-0.1, -0.05) is 59.8 Å². The van der Waals surface area contributed by atoms with Crippen molar-refractivity contribution in [2.75, 3.05) is 17.7 Å². The van der Waals surface area contributed by atoms with Crippen molar-refractivity contribution in [2.24, 2.45) is 0 Å². The largest absolute Gasteiger partial charge is 0.315 e. The molecule has 33 heavy (non-hydrogen) atoms. The standard InChI is InChI=1S/C24H21N5O3S/c1-17-8-10-20(11-9-17)28-23(18-6-4-3-5-7-18)25-26-24(28)33-16-22(30)27(2)19-12-14-21(15-13-19)29(31)32/h3-15H,16H2,1-2H3. The first-order chi connectivity index (χ1) is 15.9. The lowest BCUT2D eigenvalue weighted by Crippen LogP contribution is -2.28. The van der Waals surface area contributed by atoms with Gasteiger partial charge in [0.2, 0.25) is 5.91 Å². The van der Waals surface area contributed by atoms with E-state index in [1.54, 1.807) is 19.2 Å². The molecule has 3 aromatic carbocycles. The lowest BCUT2D eigenvalue weighted by atomic mass is 10.2. The zero-order valence-electron chi connectivity index (χ0n) is 18.1. The zero-order valence-corrected chi connectivity index (χ0v) is 18.9. The number of carbonyl (C=O) groups is 1. The van der Waals surface area contributed by atoms with Gasteiger partial charge in [-0.3, -0.25) is 19.5 Å². The van der Waals surface area contributed by atoms with Gasteiger partial charge in [0.1, 0.15) is 0 Å². The fourth-order valence-corrected chi connectivity index (χ4v) is 4.10. The Kier molecular flexibility index (Phi) is 6.50. The number of amides is 1. The van der Waals surface area contributed by atoms with E-state index in [0.29, 0.717) is 16.7 Å². The fraction of sp³-hybridized carbons (Fsp3) is 0.125. The Morgan fingerprint density at radius 2 is 1.67 bits per heavy atom. The van der Waals surface area contributed by atoms with Crippen molar-refractivity contribution in [3.63, 3.8) is 0 Å². The number of hydrogen-bond acceptors (Lipinski definition) is 6. The first-order valence-electron chi connectivity index (χ1n) is 10.2. The summed E-state index contributed by atoms with van der Waals surface area (Å²) in [6.07, 6.45) is 0. The Hall–Kier alpha value is -3.98. The van der Waals surface area contributed by atoms with Crippen LogP contribution in [0.2, 0.25) is 0 Å². The Bertz CT molecular complexity index is 1270. The smallest absolute Gasteiger partial charge is 0.269 e. The summed E-state index contributed by atoms with van der Waals surface area (Å²) in [6.45, 7) is 2.02. The summed E-state index contributed by atoms with van der Waals surface area (Å²) in [5, 5.41) is 20.2. The third-order valence-electron chi connectivity index (χ3n) is 5.10. The third-order valence-corrected chi connectivity index (χ3v) is 6.02. The topological polar surface area (TPSA) is 94.2 Å². The van der Waals surface area contributed by atoms with Gasteiger partial charge in [0.05, 0.1) is 10.7 Å². The highest BCUT2D eigenvalue weighted by atomic mass is 32.2. The highest BCUT2D eigenvalue weighted by Gasteiger charge is 2.19. The number of nitro benzene ring substituents is 1. The maximum atomic E-state index is 12.8. The lowest BCUT2D eigenvalue weighted by Gasteiger charge is -2.17. The first-order valence-corrected chi connectivity index (χ1v) is 11.1. The zero-order chi connectivity index (χ0) is 23.4. The molecule has 0 spiro atoms. The molecule has 0 N–H and O–H groups in total. The predicted octanol–water partition coefficient (Wildman–Crippen LogP) is 4.91. The molecule has 0 bridgehead atoms. The Balaban J connectivity index is 1.57. The van der Waals surface area contributed by atoms with E-state index < -0.39 is 4.92 Å². The van der Waals surface area contributed by atoms with E-state index in [0.717, 1.165) is 16.8 Å². The molecule has 0 aliphatic carbocycles. The average molecular weight is 460 g/mol. The van der Waals surface area contributed by atoms with Gasteiger partial charge in [0.25, 0.3) is 5.69 Å². The second-order valence-electron chi connectivity index (χ2n) is 7.36. The SMILES string of the molecule is Cc1ccc(-n2c(SCC(=O)N(C)c3ccc([N+](=O)[O-])cc3)nnc2-c2ccccc2)cc1. The summed E-state index contributed by atoms with van der Waals surface area (Å²) in [4.78, 5) is 24.7. The highest BCUT2D eigenvalue weighted by Crippen LogP contribution is 2.28. The van der Waals surface area contributed by atoms with Gasteiger partial charge < -0.3 is 4.90 Å². The normalized spacial score (nSPS) is 10.7. The number of nitro groups is 1. The molecule has 9 heteroatoms. The molecule has 0 radical (unpaired) electrons. The van der Waals surface area contributed by atoms with Crippen LogP contribution in [0.25, 0.3) is 17.1 Å². The second-order valence-corrected chi connectivity index (χ2v) is 8.30. The molecule has 0 saturated heterocycles. The molecule has 0 atom stereocenters. The molecule has 0 unspecified atom stereocenters. The number of aryl methyl sites for hydroxylation is 1. The Morgan fingerprint density at radius 1 is 1.00 bits per heavy atom. The summed E-state index contributed by atoms with van der Waals surface area (Å²) < 4.78 is 1.94. The molecular formula is C24H21N5O3S. The van der Waals surface area contributed by atoms with Crippen LogP contribution >= 0.6 is 11.8 Å². The fourth-order valence-electron chi connectivity index (χ4n) is 3.23. The van der Waals surface area contributed by atoms with Crippen LogP contribution in [0.5, 0.6) is 0 Å². The minimum Gasteiger partial charge on any atom is -0.315 e. The van der Waals surface area contributed by atoms with Gasteiger partial charge >= 0.3 is 0 Å². The number of benzene rings is 3.